The minimum Gasteiger partial charge on any atom is -0.497 e. The quantitative estimate of drug-likeness (QED) is 0.411. The topological polar surface area (TPSA) is 63.6 Å². The molecule has 0 saturated heterocycles. The van der Waals surface area contributed by atoms with Crippen molar-refractivity contribution in [3.8, 4) is 16.9 Å². The van der Waals surface area contributed by atoms with E-state index in [9.17, 15) is 13.2 Å². The summed E-state index contributed by atoms with van der Waals surface area (Å²) in [7, 11) is -4.16. The summed E-state index contributed by atoms with van der Waals surface area (Å²) in [6.45, 7) is 0. The van der Waals surface area contributed by atoms with E-state index in [-0.39, 0.29) is 0 Å². The van der Waals surface area contributed by atoms with Gasteiger partial charge in [0.05, 0.1) is 7.11 Å². The summed E-state index contributed by atoms with van der Waals surface area (Å²) < 4.78 is 63.9. The zero-order chi connectivity index (χ0) is 17.7. The van der Waals surface area contributed by atoms with Crippen molar-refractivity contribution in [2.45, 2.75) is 5.51 Å². The van der Waals surface area contributed by atoms with Crippen molar-refractivity contribution in [1.82, 2.24) is 0 Å². The van der Waals surface area contributed by atoms with Gasteiger partial charge in [-0.1, -0.05) is 30.3 Å². The van der Waals surface area contributed by atoms with Crippen molar-refractivity contribution in [2.24, 2.45) is 0 Å². The van der Waals surface area contributed by atoms with Gasteiger partial charge in [0.1, 0.15) is 5.75 Å². The second-order valence-corrected chi connectivity index (χ2v) is 6.70. The van der Waals surface area contributed by atoms with Crippen molar-refractivity contribution >= 4 is 32.7 Å². The first kappa shape index (κ1) is 19.7. The highest BCUT2D eigenvalue weighted by atomic mass is 127. The molecule has 4 nitrogen and oxygen atoms in total. The van der Waals surface area contributed by atoms with Crippen LogP contribution in [0.1, 0.15) is 0 Å². The summed E-state index contributed by atoms with van der Waals surface area (Å²) in [5, 5.41) is 0. The highest BCUT2D eigenvalue weighted by Crippen LogP contribution is 2.26. The van der Waals surface area contributed by atoms with Crippen LogP contribution in [0.3, 0.4) is 0 Å². The fourth-order valence-electron chi connectivity index (χ4n) is 1.47. The monoisotopic (exact) mass is 460 g/mol. The Labute approximate surface area is 145 Å². The molecule has 0 atom stereocenters. The highest BCUT2D eigenvalue weighted by Gasteiger charge is 2.44. The largest absolute Gasteiger partial charge is 0.522 e. The van der Waals surface area contributed by atoms with E-state index in [1.165, 1.54) is 14.7 Å². The fourth-order valence-corrected chi connectivity index (χ4v) is 2.16. The zero-order valence-corrected chi connectivity index (χ0v) is 14.7. The molecular weight excluding hydrogens is 448 g/mol. The Morgan fingerprint density at radius 3 is 1.91 bits per heavy atom. The standard InChI is InChI=1S/C13H11IO.CHF3O3S/c1-15-11-8-6-10(7-9-11)12-4-2-3-5-13(12)14;2-1(3,4)8(5,6)7/h2-9H,1H3;(H,5,6,7). The lowest BCUT2D eigenvalue weighted by Gasteiger charge is -2.05. The van der Waals surface area contributed by atoms with Crippen LogP contribution in [0.4, 0.5) is 13.2 Å². The number of rotatable bonds is 2. The van der Waals surface area contributed by atoms with Crippen LogP contribution in [0.5, 0.6) is 5.75 Å². The molecule has 0 fully saturated rings. The molecule has 9 heteroatoms. The van der Waals surface area contributed by atoms with Gasteiger partial charge in [0, 0.05) is 3.57 Å². The lowest BCUT2D eigenvalue weighted by molar-refractivity contribution is -0.0510. The van der Waals surface area contributed by atoms with Crippen LogP contribution >= 0.6 is 22.6 Å². The van der Waals surface area contributed by atoms with E-state index in [4.69, 9.17) is 17.7 Å². The zero-order valence-electron chi connectivity index (χ0n) is 11.7. The van der Waals surface area contributed by atoms with Gasteiger partial charge in [-0.25, -0.2) is 0 Å². The second-order valence-electron chi connectivity index (χ2n) is 4.13. The smallest absolute Gasteiger partial charge is 0.497 e. The van der Waals surface area contributed by atoms with Gasteiger partial charge in [-0.3, -0.25) is 4.55 Å². The molecule has 2 aromatic carbocycles. The Kier molecular flexibility index (Phi) is 6.84. The van der Waals surface area contributed by atoms with Gasteiger partial charge in [0.2, 0.25) is 0 Å². The van der Waals surface area contributed by atoms with Gasteiger partial charge in [-0.05, 0) is 51.9 Å². The maximum atomic E-state index is 10.7. The van der Waals surface area contributed by atoms with E-state index in [1.807, 2.05) is 12.1 Å². The molecule has 0 aromatic heterocycles. The van der Waals surface area contributed by atoms with E-state index in [0.29, 0.717) is 0 Å². The maximum absolute atomic E-state index is 10.7. The summed E-state index contributed by atoms with van der Waals surface area (Å²) >= 11 is 2.35. The maximum Gasteiger partial charge on any atom is 0.522 e. The Morgan fingerprint density at radius 1 is 1.04 bits per heavy atom. The number of halogens is 4. The molecule has 2 rings (SSSR count). The van der Waals surface area contributed by atoms with Crippen molar-refractivity contribution in [2.75, 3.05) is 7.11 Å². The summed E-state index contributed by atoms with van der Waals surface area (Å²) in [6, 6.07) is 16.5. The van der Waals surface area contributed by atoms with Crippen molar-refractivity contribution in [1.29, 1.82) is 0 Å². The van der Waals surface area contributed by atoms with Crippen LogP contribution in [0.2, 0.25) is 0 Å². The SMILES string of the molecule is COc1ccc(-c2ccccc2I)cc1.O=S(=O)(O)C(F)(F)F. The summed E-state index contributed by atoms with van der Waals surface area (Å²) in [5.74, 6) is 0.893. The Balaban J connectivity index is 0.000000284. The number of methoxy groups -OCH3 is 1. The number of hydrogen-bond donors (Lipinski definition) is 1. The fraction of sp³-hybridized carbons (Fsp3) is 0.143. The Bertz CT molecular complexity index is 743. The second kappa shape index (κ2) is 7.97. The van der Waals surface area contributed by atoms with Crippen LogP contribution < -0.4 is 4.74 Å². The molecule has 0 unspecified atom stereocenters. The van der Waals surface area contributed by atoms with Gasteiger partial charge >= 0.3 is 15.6 Å². The molecule has 0 saturated carbocycles. The van der Waals surface area contributed by atoms with E-state index >= 15 is 0 Å². The third-order valence-corrected chi connectivity index (χ3v) is 4.09. The third-order valence-electron chi connectivity index (χ3n) is 2.57. The van der Waals surface area contributed by atoms with Crippen LogP contribution in [-0.4, -0.2) is 25.6 Å². The van der Waals surface area contributed by atoms with Crippen LogP contribution in [0.15, 0.2) is 48.5 Å². The molecule has 0 amide bonds. The molecule has 126 valence electrons. The van der Waals surface area contributed by atoms with Gasteiger partial charge < -0.3 is 4.74 Å². The predicted octanol–water partition coefficient (Wildman–Crippen LogP) is 4.36. The number of hydrogen-bond acceptors (Lipinski definition) is 3. The molecule has 23 heavy (non-hydrogen) atoms. The van der Waals surface area contributed by atoms with E-state index in [0.717, 1.165) is 5.75 Å². The molecule has 0 radical (unpaired) electrons. The lowest BCUT2D eigenvalue weighted by Crippen LogP contribution is -2.21. The minimum absolute atomic E-state index is 0.893. The molecule has 0 aliphatic rings. The van der Waals surface area contributed by atoms with Gasteiger partial charge in [-0.15, -0.1) is 0 Å². The van der Waals surface area contributed by atoms with Crippen molar-refractivity contribution in [3.05, 3.63) is 52.1 Å². The molecule has 0 aliphatic heterocycles. The number of benzene rings is 2. The average molecular weight is 460 g/mol. The van der Waals surface area contributed by atoms with Gasteiger partial charge in [0.25, 0.3) is 0 Å². The first-order valence-corrected chi connectivity index (χ1v) is 8.51. The van der Waals surface area contributed by atoms with Crippen molar-refractivity contribution in [3.63, 3.8) is 0 Å². The van der Waals surface area contributed by atoms with E-state index in [2.05, 4.69) is 59.0 Å². The van der Waals surface area contributed by atoms with Crippen molar-refractivity contribution < 1.29 is 30.9 Å². The molecule has 2 aromatic rings. The minimum atomic E-state index is -5.84. The van der Waals surface area contributed by atoms with Crippen LogP contribution in [-0.2, 0) is 10.1 Å². The molecule has 0 heterocycles. The van der Waals surface area contributed by atoms with Crippen LogP contribution in [0, 0.1) is 3.57 Å². The Hall–Kier alpha value is -1.33. The predicted molar refractivity (Wildman–Crippen MR) is 88.8 cm³/mol. The highest BCUT2D eigenvalue weighted by molar-refractivity contribution is 14.1. The lowest BCUT2D eigenvalue weighted by atomic mass is 10.1. The normalized spacial score (nSPS) is 11.4. The molecule has 0 aliphatic carbocycles. The molecule has 0 bridgehead atoms. The van der Waals surface area contributed by atoms with Crippen LogP contribution in [0.25, 0.3) is 11.1 Å². The van der Waals surface area contributed by atoms with E-state index in [1.54, 1.807) is 7.11 Å². The van der Waals surface area contributed by atoms with Gasteiger partial charge in [-0.2, -0.15) is 21.6 Å². The molecule has 0 spiro atoms. The summed E-state index contributed by atoms with van der Waals surface area (Å²) in [6.07, 6.45) is 0. The summed E-state index contributed by atoms with van der Waals surface area (Å²) in [4.78, 5) is 0. The van der Waals surface area contributed by atoms with Gasteiger partial charge in [0.15, 0.2) is 0 Å². The summed E-state index contributed by atoms with van der Waals surface area (Å²) in [5.41, 5.74) is -3.05. The average Bonchev–Trinajstić information content (AvgIpc) is 2.46. The molecule has 1 N–H and O–H groups in total. The number of ether oxygens (including phenoxy) is 1. The third kappa shape index (κ3) is 5.99. The van der Waals surface area contributed by atoms with E-state index < -0.39 is 15.6 Å². The first-order valence-electron chi connectivity index (χ1n) is 5.99. The first-order chi connectivity index (χ1) is 10.6. The molecular formula is C14H12F3IO4S. The number of alkyl halides is 3. The Morgan fingerprint density at radius 2 is 1.52 bits per heavy atom.